The van der Waals surface area contributed by atoms with Gasteiger partial charge in [-0.25, -0.2) is 8.42 Å². The molecular formula is C17H23N3O2S. The zero-order valence-corrected chi connectivity index (χ0v) is 14.5. The lowest BCUT2D eigenvalue weighted by molar-refractivity contribution is 0.351. The quantitative estimate of drug-likeness (QED) is 0.846. The third kappa shape index (κ3) is 2.83. The summed E-state index contributed by atoms with van der Waals surface area (Å²) in [6.07, 6.45) is 3.26. The number of hydrogen-bond acceptors (Lipinski definition) is 3. The van der Waals surface area contributed by atoms with Gasteiger partial charge in [0.1, 0.15) is 0 Å². The van der Waals surface area contributed by atoms with Gasteiger partial charge >= 0.3 is 0 Å². The summed E-state index contributed by atoms with van der Waals surface area (Å²) in [4.78, 5) is 5.72. The third-order valence-corrected chi connectivity index (χ3v) is 5.66. The number of thiol groups is 1. The van der Waals surface area contributed by atoms with Crippen molar-refractivity contribution in [1.29, 1.82) is 0 Å². The Kier molecular flexibility index (Phi) is 4.35. The number of aryl methyl sites for hydroxylation is 2. The van der Waals surface area contributed by atoms with Crippen LogP contribution < -0.4 is 4.90 Å². The molecule has 1 N–H and O–H groups in total. The summed E-state index contributed by atoms with van der Waals surface area (Å²) in [6.45, 7) is 9.49. The summed E-state index contributed by atoms with van der Waals surface area (Å²) >= 11 is 0. The molecule has 3 rings (SSSR count). The molecule has 124 valence electrons. The van der Waals surface area contributed by atoms with Gasteiger partial charge < -0.3 is 9.88 Å². The molecule has 1 fully saturated rings. The maximum absolute atomic E-state index is 11.4. The normalized spacial score (nSPS) is 18.6. The Bertz CT molecular complexity index is 802. The molecule has 1 aliphatic rings. The minimum Gasteiger partial charge on any atom is -0.369 e. The average Bonchev–Trinajstić information content (AvgIpc) is 2.83. The second-order valence-electron chi connectivity index (χ2n) is 6.12. The predicted molar refractivity (Wildman–Crippen MR) is 95.4 cm³/mol. The van der Waals surface area contributed by atoms with E-state index >= 15 is 0 Å². The summed E-state index contributed by atoms with van der Waals surface area (Å²) < 4.78 is 24.2. The predicted octanol–water partition coefficient (Wildman–Crippen LogP) is 2.73. The first-order valence-electron chi connectivity index (χ1n) is 7.91. The van der Waals surface area contributed by atoms with E-state index in [1.807, 2.05) is 0 Å². The average molecular weight is 333 g/mol. The Balaban J connectivity index is 1.97. The van der Waals surface area contributed by atoms with Crippen molar-refractivity contribution < 1.29 is 8.42 Å². The van der Waals surface area contributed by atoms with Gasteiger partial charge in [0.25, 0.3) is 0 Å². The zero-order chi connectivity index (χ0) is 16.6. The van der Waals surface area contributed by atoms with Crippen LogP contribution in [0.25, 0.3) is 10.9 Å². The largest absolute Gasteiger partial charge is 0.369 e. The molecular weight excluding hydrogens is 310 g/mol. The van der Waals surface area contributed by atoms with Crippen LogP contribution in [-0.4, -0.2) is 36.8 Å². The van der Waals surface area contributed by atoms with E-state index in [2.05, 4.69) is 48.5 Å². The number of aromatic nitrogens is 1. The lowest BCUT2D eigenvalue weighted by atomic mass is 10.0. The van der Waals surface area contributed by atoms with Gasteiger partial charge in [0.2, 0.25) is 10.9 Å². The van der Waals surface area contributed by atoms with Crippen LogP contribution in [0.2, 0.25) is 0 Å². The molecule has 1 saturated heterocycles. The van der Waals surface area contributed by atoms with E-state index in [0.29, 0.717) is 6.54 Å². The first kappa shape index (κ1) is 15.9. The number of piperidine rings is 1. The van der Waals surface area contributed by atoms with Crippen molar-refractivity contribution in [2.75, 3.05) is 18.0 Å². The minimum atomic E-state index is -2.63. The fourth-order valence-corrected chi connectivity index (χ4v) is 4.11. The lowest BCUT2D eigenvalue weighted by Crippen LogP contribution is -2.45. The number of hydrogen-bond donors (Lipinski definition) is 2. The smallest absolute Gasteiger partial charge is 0.224 e. The summed E-state index contributed by atoms with van der Waals surface area (Å²) in [5.74, 6) is 0. The standard InChI is InChI=1S/C17H23N3O2S/c1-4-20(23(21)22)14-7-6-10-19(11-14)16-9-5-8-15-17(16)12(2)13(3)18-15/h4-5,8-9,14,18,23H,1,6-7,10-11H2,2-3H3/t14-/m1/s1. The molecule has 0 amide bonds. The van der Waals surface area contributed by atoms with Crippen molar-refractivity contribution in [1.82, 2.24) is 9.29 Å². The summed E-state index contributed by atoms with van der Waals surface area (Å²) in [7, 11) is -2.63. The zero-order valence-electron chi connectivity index (χ0n) is 13.6. The van der Waals surface area contributed by atoms with E-state index in [1.54, 1.807) is 0 Å². The molecule has 0 bridgehead atoms. The lowest BCUT2D eigenvalue weighted by Gasteiger charge is -2.37. The summed E-state index contributed by atoms with van der Waals surface area (Å²) in [5, 5.41) is 1.24. The Hall–Kier alpha value is -1.95. The molecule has 2 heterocycles. The molecule has 6 heteroatoms. The molecule has 0 unspecified atom stereocenters. The summed E-state index contributed by atoms with van der Waals surface area (Å²) in [5.41, 5.74) is 4.75. The van der Waals surface area contributed by atoms with E-state index in [0.717, 1.165) is 24.9 Å². The van der Waals surface area contributed by atoms with Crippen LogP contribution in [0.3, 0.4) is 0 Å². The SMILES string of the molecule is C=CN([C@@H]1CCCN(c2cccc3[nH]c(C)c(C)c23)C1)[SH](=O)=O. The van der Waals surface area contributed by atoms with E-state index in [1.165, 1.54) is 32.8 Å². The Labute approximate surface area is 138 Å². The molecule has 1 aromatic carbocycles. The minimum absolute atomic E-state index is 0.0436. The number of aromatic amines is 1. The monoisotopic (exact) mass is 333 g/mol. The Morgan fingerprint density at radius 1 is 1.39 bits per heavy atom. The molecule has 0 radical (unpaired) electrons. The highest BCUT2D eigenvalue weighted by Crippen LogP contribution is 2.33. The van der Waals surface area contributed by atoms with Crippen LogP contribution in [0, 0.1) is 13.8 Å². The van der Waals surface area contributed by atoms with E-state index in [4.69, 9.17) is 0 Å². The molecule has 2 aromatic rings. The van der Waals surface area contributed by atoms with Crippen molar-refractivity contribution in [2.24, 2.45) is 0 Å². The van der Waals surface area contributed by atoms with Crippen LogP contribution in [-0.2, 0) is 10.9 Å². The Morgan fingerprint density at radius 2 is 2.17 bits per heavy atom. The fourth-order valence-electron chi connectivity index (χ4n) is 3.52. The molecule has 0 saturated carbocycles. The topological polar surface area (TPSA) is 56.4 Å². The van der Waals surface area contributed by atoms with Crippen molar-refractivity contribution in [2.45, 2.75) is 32.7 Å². The Morgan fingerprint density at radius 3 is 2.87 bits per heavy atom. The van der Waals surface area contributed by atoms with Gasteiger partial charge in [0, 0.05) is 41.6 Å². The first-order chi connectivity index (χ1) is 11.0. The van der Waals surface area contributed by atoms with Gasteiger partial charge in [-0.1, -0.05) is 12.6 Å². The van der Waals surface area contributed by atoms with Crippen LogP contribution in [0.5, 0.6) is 0 Å². The highest BCUT2D eigenvalue weighted by Gasteiger charge is 2.26. The number of fused-ring (bicyclic) bond motifs is 1. The number of H-pyrrole nitrogens is 1. The maximum atomic E-state index is 11.4. The summed E-state index contributed by atoms with van der Waals surface area (Å²) in [6, 6.07) is 6.22. The molecule has 1 aliphatic heterocycles. The molecule has 0 aliphatic carbocycles. The number of nitrogens with one attached hydrogen (secondary N) is 1. The van der Waals surface area contributed by atoms with Crippen molar-refractivity contribution >= 4 is 27.5 Å². The number of rotatable bonds is 4. The fraction of sp³-hybridized carbons (Fsp3) is 0.412. The second-order valence-corrected chi connectivity index (χ2v) is 7.05. The first-order valence-corrected chi connectivity index (χ1v) is 9.04. The van der Waals surface area contributed by atoms with E-state index < -0.39 is 10.9 Å². The van der Waals surface area contributed by atoms with Crippen LogP contribution in [0.15, 0.2) is 31.0 Å². The number of anilines is 1. The molecule has 1 aromatic heterocycles. The van der Waals surface area contributed by atoms with Gasteiger partial charge in [-0.15, -0.1) is 0 Å². The maximum Gasteiger partial charge on any atom is 0.224 e. The molecule has 0 spiro atoms. The van der Waals surface area contributed by atoms with Crippen molar-refractivity contribution in [3.63, 3.8) is 0 Å². The third-order valence-electron chi connectivity index (χ3n) is 4.79. The van der Waals surface area contributed by atoms with Gasteiger partial charge in [-0.05, 0) is 44.4 Å². The van der Waals surface area contributed by atoms with Gasteiger partial charge in [0.05, 0.1) is 6.04 Å². The van der Waals surface area contributed by atoms with Gasteiger partial charge in [0.15, 0.2) is 0 Å². The number of nitrogens with zero attached hydrogens (tertiary/aromatic N) is 2. The van der Waals surface area contributed by atoms with Gasteiger partial charge in [-0.2, -0.15) is 0 Å². The molecule has 1 atom stereocenters. The van der Waals surface area contributed by atoms with Crippen LogP contribution >= 0.6 is 0 Å². The molecule has 23 heavy (non-hydrogen) atoms. The van der Waals surface area contributed by atoms with Crippen molar-refractivity contribution in [3.05, 3.63) is 42.2 Å². The van der Waals surface area contributed by atoms with E-state index in [9.17, 15) is 8.42 Å². The van der Waals surface area contributed by atoms with Gasteiger partial charge in [-0.3, -0.25) is 4.31 Å². The van der Waals surface area contributed by atoms with Crippen LogP contribution in [0.1, 0.15) is 24.1 Å². The second kappa shape index (κ2) is 6.28. The highest BCUT2D eigenvalue weighted by atomic mass is 32.2. The molecule has 5 nitrogen and oxygen atoms in total. The highest BCUT2D eigenvalue weighted by molar-refractivity contribution is 7.70. The van der Waals surface area contributed by atoms with Crippen LogP contribution in [0.4, 0.5) is 5.69 Å². The number of benzene rings is 1. The van der Waals surface area contributed by atoms with Crippen molar-refractivity contribution in [3.8, 4) is 0 Å². The van der Waals surface area contributed by atoms with E-state index in [-0.39, 0.29) is 6.04 Å².